The molecule has 1 amide bonds. The minimum Gasteiger partial charge on any atom is -0.508 e. The van der Waals surface area contributed by atoms with Crippen LogP contribution in [0.2, 0.25) is 0 Å². The van der Waals surface area contributed by atoms with Crippen LogP contribution in [0.15, 0.2) is 70.6 Å². The number of carbonyl (C=O) groups excluding carboxylic acids is 1. The van der Waals surface area contributed by atoms with Crippen molar-refractivity contribution in [2.24, 2.45) is 4.99 Å². The quantitative estimate of drug-likeness (QED) is 0.569. The van der Waals surface area contributed by atoms with E-state index in [4.69, 9.17) is 23.9 Å². The number of benzene rings is 3. The zero-order chi connectivity index (χ0) is 22.4. The molecular weight excluding hydrogens is 444 g/mol. The summed E-state index contributed by atoms with van der Waals surface area (Å²) in [6.45, 7) is 0.317. The van der Waals surface area contributed by atoms with E-state index >= 15 is 0 Å². The summed E-state index contributed by atoms with van der Waals surface area (Å²) in [7, 11) is 0. The number of anilines is 1. The zero-order valence-electron chi connectivity index (χ0n) is 17.1. The number of phenols is 1. The minimum absolute atomic E-state index is 0.144. The van der Waals surface area contributed by atoms with Crippen LogP contribution in [-0.4, -0.2) is 29.8 Å². The molecule has 0 unspecified atom stereocenters. The number of rotatable bonds is 3. The van der Waals surface area contributed by atoms with Gasteiger partial charge in [0.25, 0.3) is 5.91 Å². The lowest BCUT2D eigenvalue weighted by atomic mass is 10.2. The average Bonchev–Trinajstić information content (AvgIpc) is 3.54. The topological polar surface area (TPSA) is 89.8 Å². The van der Waals surface area contributed by atoms with Gasteiger partial charge in [0.1, 0.15) is 5.75 Å². The monoisotopic (exact) mass is 460 g/mol. The summed E-state index contributed by atoms with van der Waals surface area (Å²) in [4.78, 5) is 20.2. The molecule has 0 radical (unpaired) electrons. The highest BCUT2D eigenvalue weighted by molar-refractivity contribution is 8.19. The number of phenolic OH excluding ortho intramolecular Hbond substituents is 1. The zero-order valence-corrected chi connectivity index (χ0v) is 17.9. The lowest BCUT2D eigenvalue weighted by molar-refractivity contribution is -0.113. The predicted octanol–water partition coefficient (Wildman–Crippen LogP) is 4.66. The SMILES string of the molecule is O=C1C(=Cc2ccc(O)cc2)SC(=Nc2ccc3c(c2)OCO3)N1c1ccc2c(c1)OCO2. The van der Waals surface area contributed by atoms with Crippen molar-refractivity contribution in [1.29, 1.82) is 0 Å². The number of hydrogen-bond acceptors (Lipinski definition) is 8. The van der Waals surface area contributed by atoms with Gasteiger partial charge in [0.15, 0.2) is 28.2 Å². The first-order valence-corrected chi connectivity index (χ1v) is 10.9. The fraction of sp³-hybridized carbons (Fsp3) is 0.0833. The van der Waals surface area contributed by atoms with E-state index in [0.29, 0.717) is 44.4 Å². The smallest absolute Gasteiger partial charge is 0.271 e. The lowest BCUT2D eigenvalue weighted by Crippen LogP contribution is -2.28. The molecule has 0 bridgehead atoms. The Morgan fingerprint density at radius 3 is 2.27 bits per heavy atom. The Bertz CT molecular complexity index is 1340. The standard InChI is InChI=1S/C24H16N2O6S/c27-17-5-1-14(2-6-17)9-22-23(28)26(16-4-8-19-21(11-16)32-13-30-19)24(33-22)25-15-3-7-18-20(10-15)31-12-29-18/h1-11,27H,12-13H2. The van der Waals surface area contributed by atoms with Gasteiger partial charge in [-0.1, -0.05) is 12.1 Å². The van der Waals surface area contributed by atoms with Gasteiger partial charge in [-0.05, 0) is 59.8 Å². The molecular formula is C24H16N2O6S. The maximum atomic E-state index is 13.5. The van der Waals surface area contributed by atoms with Crippen LogP contribution in [0.1, 0.15) is 5.56 Å². The Hall–Kier alpha value is -4.11. The molecule has 1 fully saturated rings. The Kier molecular flexibility index (Phi) is 4.62. The Labute approximate surface area is 192 Å². The van der Waals surface area contributed by atoms with Gasteiger partial charge in [-0.2, -0.15) is 0 Å². The highest BCUT2D eigenvalue weighted by Crippen LogP contribution is 2.42. The largest absolute Gasteiger partial charge is 0.508 e. The maximum Gasteiger partial charge on any atom is 0.271 e. The first-order chi connectivity index (χ1) is 16.1. The van der Waals surface area contributed by atoms with Crippen molar-refractivity contribution in [3.8, 4) is 28.7 Å². The number of nitrogens with zero attached hydrogens (tertiary/aromatic N) is 2. The van der Waals surface area contributed by atoms with E-state index < -0.39 is 0 Å². The second kappa shape index (κ2) is 7.79. The van der Waals surface area contributed by atoms with Gasteiger partial charge < -0.3 is 24.1 Å². The van der Waals surface area contributed by atoms with Crippen molar-refractivity contribution in [2.75, 3.05) is 18.5 Å². The molecule has 3 aliphatic rings. The van der Waals surface area contributed by atoms with Crippen molar-refractivity contribution in [1.82, 2.24) is 0 Å². The summed E-state index contributed by atoms with van der Waals surface area (Å²) in [6.07, 6.45) is 1.77. The number of amidine groups is 1. The van der Waals surface area contributed by atoms with Gasteiger partial charge in [-0.15, -0.1) is 0 Å². The van der Waals surface area contributed by atoms with E-state index in [-0.39, 0.29) is 25.2 Å². The van der Waals surface area contributed by atoms with Crippen molar-refractivity contribution < 1.29 is 28.8 Å². The number of carbonyl (C=O) groups is 1. The minimum atomic E-state index is -0.216. The third kappa shape index (κ3) is 3.62. The molecule has 3 aromatic rings. The molecule has 3 heterocycles. The van der Waals surface area contributed by atoms with Crippen LogP contribution >= 0.6 is 11.8 Å². The summed E-state index contributed by atoms with van der Waals surface area (Å²) in [6, 6.07) is 17.4. The third-order valence-corrected chi connectivity index (χ3v) is 6.16. The average molecular weight is 460 g/mol. The highest BCUT2D eigenvalue weighted by atomic mass is 32.2. The summed E-state index contributed by atoms with van der Waals surface area (Å²) >= 11 is 1.26. The highest BCUT2D eigenvalue weighted by Gasteiger charge is 2.35. The number of hydrogen-bond donors (Lipinski definition) is 1. The van der Waals surface area contributed by atoms with E-state index in [9.17, 15) is 9.90 Å². The fourth-order valence-electron chi connectivity index (χ4n) is 3.59. The predicted molar refractivity (Wildman–Crippen MR) is 123 cm³/mol. The van der Waals surface area contributed by atoms with E-state index in [1.807, 2.05) is 6.07 Å². The van der Waals surface area contributed by atoms with Crippen LogP contribution in [0.5, 0.6) is 28.7 Å². The van der Waals surface area contributed by atoms with Crippen LogP contribution in [0, 0.1) is 0 Å². The summed E-state index contributed by atoms with van der Waals surface area (Å²) in [5.41, 5.74) is 2.04. The van der Waals surface area contributed by atoms with Gasteiger partial charge in [0, 0.05) is 12.1 Å². The van der Waals surface area contributed by atoms with Crippen molar-refractivity contribution in [2.45, 2.75) is 0 Å². The van der Waals surface area contributed by atoms with Crippen LogP contribution in [-0.2, 0) is 4.79 Å². The molecule has 3 aliphatic heterocycles. The molecule has 164 valence electrons. The van der Waals surface area contributed by atoms with E-state index in [1.165, 1.54) is 11.8 Å². The number of aromatic hydroxyl groups is 1. The molecule has 0 aromatic heterocycles. The second-order valence-corrected chi connectivity index (χ2v) is 8.32. The number of aliphatic imine (C=N–C) groups is 1. The summed E-state index contributed by atoms with van der Waals surface area (Å²) in [5, 5.41) is 10.0. The number of thioether (sulfide) groups is 1. The lowest BCUT2D eigenvalue weighted by Gasteiger charge is -2.16. The summed E-state index contributed by atoms with van der Waals surface area (Å²) in [5.74, 6) is 2.42. The molecule has 1 saturated heterocycles. The molecule has 6 rings (SSSR count). The van der Waals surface area contributed by atoms with Crippen LogP contribution in [0.4, 0.5) is 11.4 Å². The normalized spacial score (nSPS) is 18.5. The molecule has 0 spiro atoms. The van der Waals surface area contributed by atoms with Gasteiger partial charge >= 0.3 is 0 Å². The Morgan fingerprint density at radius 1 is 0.848 bits per heavy atom. The summed E-state index contributed by atoms with van der Waals surface area (Å²) < 4.78 is 21.7. The Morgan fingerprint density at radius 2 is 1.52 bits per heavy atom. The maximum absolute atomic E-state index is 13.5. The Balaban J connectivity index is 1.42. The van der Waals surface area contributed by atoms with Gasteiger partial charge in [0.2, 0.25) is 13.6 Å². The number of fused-ring (bicyclic) bond motifs is 2. The van der Waals surface area contributed by atoms with Crippen molar-refractivity contribution >= 4 is 40.3 Å². The van der Waals surface area contributed by atoms with Gasteiger partial charge in [-0.3, -0.25) is 9.69 Å². The second-order valence-electron chi connectivity index (χ2n) is 7.31. The molecule has 1 N–H and O–H groups in total. The molecule has 3 aromatic carbocycles. The third-order valence-electron chi connectivity index (χ3n) is 5.19. The molecule has 0 atom stereocenters. The molecule has 9 heteroatoms. The molecule has 8 nitrogen and oxygen atoms in total. The fourth-order valence-corrected chi connectivity index (χ4v) is 4.59. The van der Waals surface area contributed by atoms with Crippen LogP contribution in [0.25, 0.3) is 6.08 Å². The van der Waals surface area contributed by atoms with Gasteiger partial charge in [-0.25, -0.2) is 4.99 Å². The van der Waals surface area contributed by atoms with Crippen LogP contribution in [0.3, 0.4) is 0 Å². The van der Waals surface area contributed by atoms with Crippen molar-refractivity contribution in [3.05, 3.63) is 71.1 Å². The molecule has 33 heavy (non-hydrogen) atoms. The number of ether oxygens (including phenoxy) is 4. The van der Waals surface area contributed by atoms with Crippen LogP contribution < -0.4 is 23.8 Å². The van der Waals surface area contributed by atoms with E-state index in [2.05, 4.69) is 0 Å². The first kappa shape index (κ1) is 19.6. The first-order valence-electron chi connectivity index (χ1n) is 10.0. The number of amides is 1. The van der Waals surface area contributed by atoms with E-state index in [1.54, 1.807) is 65.6 Å². The van der Waals surface area contributed by atoms with Crippen molar-refractivity contribution in [3.63, 3.8) is 0 Å². The molecule has 0 saturated carbocycles. The molecule has 0 aliphatic carbocycles. The van der Waals surface area contributed by atoms with E-state index in [0.717, 1.165) is 5.56 Å². The van der Waals surface area contributed by atoms with Gasteiger partial charge in [0.05, 0.1) is 16.3 Å².